The van der Waals surface area contributed by atoms with E-state index in [1.807, 2.05) is 175 Å². The van der Waals surface area contributed by atoms with Crippen LogP contribution in [0.15, 0.2) is 202 Å². The maximum Gasteiger partial charge on any atom is 0.349 e. The quantitative estimate of drug-likeness (QED) is 0.0489. The maximum atomic E-state index is 12.4. The van der Waals surface area contributed by atoms with Crippen LogP contribution in [0.4, 0.5) is 0 Å². The molecule has 17 rings (SSSR count). The van der Waals surface area contributed by atoms with Gasteiger partial charge in [0.2, 0.25) is 0 Å². The van der Waals surface area contributed by atoms with Crippen LogP contribution in [0, 0.1) is 76.2 Å². The average molecular weight is 1570 g/mol. The Morgan fingerprint density at radius 1 is 0.299 bits per heavy atom. The Hall–Kier alpha value is -13.7. The van der Waals surface area contributed by atoms with Crippen LogP contribution in [0.3, 0.4) is 0 Å². The molecule has 0 saturated carbocycles. The molecule has 0 spiro atoms. The van der Waals surface area contributed by atoms with Gasteiger partial charge in [-0.25, -0.2) is 39.1 Å². The van der Waals surface area contributed by atoms with Gasteiger partial charge in [0.25, 0.3) is 22.2 Å². The minimum absolute atomic E-state index is 0.0860. The maximum absolute atomic E-state index is 12.4. The largest absolute Gasteiger partial charge is 0.391 e. The van der Waals surface area contributed by atoms with E-state index >= 15 is 0 Å². The molecule has 0 amide bonds. The molecule has 0 fully saturated rings. The SMILES string of the molecule is Cc1cc2nc3c(=O)[nH]c(=O)nc-3n(CCCc3ccc4ccccc4c3)c2cc1C.Cc1ccc(CC(O)Cn2c3nc(=O)[nH]c(=O)c-3nc3cc(C)c(C)cc32)cc1.Cc1ccc(CC(O)Cn2c3nc(=O)[nH]c(=O)c-3nc3cc(C)c(C)cc32)cc1.Cc1ccc(CCCn2c3nc(=O)[nH]c(=O)c-3nc3cc(C)c(C)cc32)cc1. The molecule has 0 radical (unpaired) electrons. The van der Waals surface area contributed by atoms with Crippen molar-refractivity contribution in [2.45, 2.75) is 153 Å². The molecule has 26 nitrogen and oxygen atoms in total. The van der Waals surface area contributed by atoms with Crippen molar-refractivity contribution in [1.29, 1.82) is 0 Å². The van der Waals surface area contributed by atoms with Gasteiger partial charge in [-0.3, -0.25) is 39.1 Å². The smallest absolute Gasteiger partial charge is 0.349 e. The molecule has 8 aliphatic rings. The summed E-state index contributed by atoms with van der Waals surface area (Å²) in [6, 6.07) is 55.0. The third-order valence-electron chi connectivity index (χ3n) is 21.5. The lowest BCUT2D eigenvalue weighted by Gasteiger charge is -2.20. The topological polar surface area (TPSA) is 363 Å². The van der Waals surface area contributed by atoms with Gasteiger partial charge in [0.1, 0.15) is 0 Å². The Morgan fingerprint density at radius 2 is 0.573 bits per heavy atom. The van der Waals surface area contributed by atoms with Crippen LogP contribution in [0.25, 0.3) is 101 Å². The zero-order chi connectivity index (χ0) is 82.8. The molecule has 0 aromatic heterocycles. The molecule has 8 heterocycles. The first-order valence-corrected chi connectivity index (χ1v) is 38.7. The number of hydrogen-bond acceptors (Lipinski definition) is 18. The highest BCUT2D eigenvalue weighted by Crippen LogP contribution is 2.30. The molecule has 117 heavy (non-hydrogen) atoms. The van der Waals surface area contributed by atoms with E-state index in [9.17, 15) is 48.6 Å². The molecule has 0 bridgehead atoms. The molecule has 9 aromatic carbocycles. The number of aryl methyl sites for hydroxylation is 15. The van der Waals surface area contributed by atoms with E-state index in [-0.39, 0.29) is 47.5 Å². The lowest BCUT2D eigenvalue weighted by Crippen LogP contribution is -2.30. The molecule has 2 unspecified atom stereocenters. The predicted octanol–water partition coefficient (Wildman–Crippen LogP) is 11.4. The van der Waals surface area contributed by atoms with Gasteiger partial charge in [-0.2, -0.15) is 19.9 Å². The Morgan fingerprint density at radius 3 is 0.906 bits per heavy atom. The fourth-order valence-corrected chi connectivity index (χ4v) is 14.6. The molecular formula is C91H88N16O10. The van der Waals surface area contributed by atoms with Crippen LogP contribution in [-0.2, 0) is 51.9 Å². The van der Waals surface area contributed by atoms with Crippen molar-refractivity contribution in [2.75, 3.05) is 0 Å². The van der Waals surface area contributed by atoms with Crippen LogP contribution < -0.4 is 45.0 Å². The molecule has 592 valence electrons. The second-order valence-electron chi connectivity index (χ2n) is 30.4. The molecule has 0 saturated heterocycles. The van der Waals surface area contributed by atoms with Gasteiger partial charge in [-0.05, 0) is 228 Å². The minimum atomic E-state index is -0.728. The first-order valence-electron chi connectivity index (χ1n) is 38.7. The molecule has 6 N–H and O–H groups in total. The van der Waals surface area contributed by atoms with Crippen LogP contribution in [-0.4, -0.2) is 100 Å². The number of hydrogen-bond donors (Lipinski definition) is 6. The summed E-state index contributed by atoms with van der Waals surface area (Å²) >= 11 is 0. The Kier molecular flexibility index (Phi) is 23.1. The van der Waals surface area contributed by atoms with Gasteiger partial charge in [-0.1, -0.05) is 132 Å². The summed E-state index contributed by atoms with van der Waals surface area (Å²) < 4.78 is 7.36. The van der Waals surface area contributed by atoms with E-state index in [1.54, 1.807) is 9.13 Å². The fourth-order valence-electron chi connectivity index (χ4n) is 14.6. The summed E-state index contributed by atoms with van der Waals surface area (Å²) in [5, 5.41) is 24.0. The molecule has 26 heteroatoms. The summed E-state index contributed by atoms with van der Waals surface area (Å²) in [4.78, 5) is 140. The van der Waals surface area contributed by atoms with Crippen LogP contribution in [0.2, 0.25) is 0 Å². The van der Waals surface area contributed by atoms with E-state index in [1.165, 1.54) is 27.5 Å². The van der Waals surface area contributed by atoms with Crippen molar-refractivity contribution in [3.63, 3.8) is 0 Å². The minimum Gasteiger partial charge on any atom is -0.391 e. The Labute approximate surface area is 669 Å². The number of aromatic amines is 4. The number of nitrogens with zero attached hydrogens (tertiary/aromatic N) is 12. The number of H-pyrrole nitrogens is 4. The highest BCUT2D eigenvalue weighted by Gasteiger charge is 2.26. The second-order valence-corrected chi connectivity index (χ2v) is 30.4. The van der Waals surface area contributed by atoms with Crippen molar-refractivity contribution in [2.24, 2.45) is 0 Å². The summed E-state index contributed by atoms with van der Waals surface area (Å²) in [7, 11) is 0. The number of aliphatic hydroxyl groups is 2. The molecule has 8 aliphatic heterocycles. The van der Waals surface area contributed by atoms with Crippen LogP contribution in [0.5, 0.6) is 0 Å². The Bertz CT molecular complexity index is 6840. The van der Waals surface area contributed by atoms with E-state index in [0.717, 1.165) is 126 Å². The zero-order valence-corrected chi connectivity index (χ0v) is 66.8. The third-order valence-corrected chi connectivity index (χ3v) is 21.5. The number of fused-ring (bicyclic) bond motifs is 9. The second kappa shape index (κ2) is 33.8. The summed E-state index contributed by atoms with van der Waals surface area (Å²) in [5.41, 5.74) is 18.3. The van der Waals surface area contributed by atoms with Gasteiger partial charge in [0.15, 0.2) is 46.1 Å². The number of aromatic nitrogens is 16. The van der Waals surface area contributed by atoms with Crippen LogP contribution in [0.1, 0.15) is 96.3 Å². The van der Waals surface area contributed by atoms with Gasteiger partial charge >= 0.3 is 22.8 Å². The Balaban J connectivity index is 0.000000128. The van der Waals surface area contributed by atoms with Gasteiger partial charge < -0.3 is 28.5 Å². The van der Waals surface area contributed by atoms with Gasteiger partial charge in [0, 0.05) is 25.9 Å². The van der Waals surface area contributed by atoms with E-state index < -0.39 is 57.2 Å². The number of aliphatic hydroxyl groups excluding tert-OH is 2. The fraction of sp³-hybridized carbons (Fsp3) is 0.253. The van der Waals surface area contributed by atoms with E-state index in [0.29, 0.717) is 48.6 Å². The first kappa shape index (κ1) is 79.9. The van der Waals surface area contributed by atoms with Gasteiger partial charge in [0.05, 0.1) is 69.4 Å². The highest BCUT2D eigenvalue weighted by molar-refractivity contribution is 5.85. The van der Waals surface area contributed by atoms with Crippen molar-refractivity contribution in [1.82, 2.24) is 78.1 Å². The lowest BCUT2D eigenvalue weighted by atomic mass is 10.0. The van der Waals surface area contributed by atoms with Crippen molar-refractivity contribution >= 4 is 54.9 Å². The molecule has 0 aliphatic carbocycles. The van der Waals surface area contributed by atoms with Crippen LogP contribution >= 0.6 is 0 Å². The lowest BCUT2D eigenvalue weighted by molar-refractivity contribution is 0.155. The zero-order valence-electron chi connectivity index (χ0n) is 66.8. The van der Waals surface area contributed by atoms with Gasteiger partial charge in [-0.15, -0.1) is 0 Å². The predicted molar refractivity (Wildman–Crippen MR) is 456 cm³/mol. The van der Waals surface area contributed by atoms with Crippen molar-refractivity contribution in [3.8, 4) is 46.1 Å². The molecule has 9 aromatic rings. The number of nitrogens with one attached hydrogen (secondary N) is 4. The average Bonchev–Trinajstić information content (AvgIpc) is 0.768. The molecular weight excluding hydrogens is 1480 g/mol. The summed E-state index contributed by atoms with van der Waals surface area (Å²) in [6.07, 6.45) is 2.90. The standard InChI is InChI=1S/C25H22N4O2.2C22H22N4O3.C22H22N4O2/c1-15-12-20-21(13-16(15)2)29(23-22(26-20)24(30)28-25(31)27-23)11-5-6-17-9-10-18-7-3-4-8-19(18)14-17;2*1-12-4-6-15(7-5-12)10-16(27)11-26-18-9-14(3)13(2)8-17(18)23-19-20(26)24-22(29)25-21(19)28;1-13-6-8-16(9-7-13)5-4-10-26-18-12-15(3)14(2)11-17(18)23-19-20(26)24-22(28)25-21(19)27/h3-4,7-10,12-14H,5-6,11H2,1-2H3,(H,28,30,31);2*4-9,16,27H,10-11H2,1-3H3,(H,25,28,29);6-9,11-12H,4-5,10H2,1-3H3,(H,25,27,28). The monoisotopic (exact) mass is 1560 g/mol. The number of rotatable bonds is 16. The molecule has 2 atom stereocenters. The third kappa shape index (κ3) is 17.8. The first-order chi connectivity index (χ1) is 56.0. The summed E-state index contributed by atoms with van der Waals surface area (Å²) in [6.45, 7) is 23.8. The highest BCUT2D eigenvalue weighted by atomic mass is 16.3. The van der Waals surface area contributed by atoms with E-state index in [2.05, 4.69) is 133 Å². The van der Waals surface area contributed by atoms with E-state index in [4.69, 9.17) is 0 Å². The normalized spacial score (nSPS) is 12.0. The summed E-state index contributed by atoms with van der Waals surface area (Å²) in [5.74, 6) is 1.03. The van der Waals surface area contributed by atoms with Crippen molar-refractivity contribution in [3.05, 3.63) is 331 Å². The number of benzene rings is 9. The van der Waals surface area contributed by atoms with Crippen molar-refractivity contribution < 1.29 is 10.2 Å².